The number of benzene rings is 4. The molecule has 0 aliphatic carbocycles. The minimum Gasteiger partial charge on any atom is -0.496 e. The Morgan fingerprint density at radius 3 is 2.34 bits per heavy atom. The molecule has 0 amide bonds. The summed E-state index contributed by atoms with van der Waals surface area (Å²) in [4.78, 5) is 39.9. The van der Waals surface area contributed by atoms with E-state index in [4.69, 9.17) is 18.9 Å². The van der Waals surface area contributed by atoms with Crippen LogP contribution in [0.2, 0.25) is 0 Å². The Labute approximate surface area is 266 Å². The van der Waals surface area contributed by atoms with Crippen LogP contribution in [0.3, 0.4) is 0 Å². The summed E-state index contributed by atoms with van der Waals surface area (Å²) >= 11 is 0. The summed E-state index contributed by atoms with van der Waals surface area (Å²) < 4.78 is 65.1. The molecule has 1 aliphatic rings. The monoisotopic (exact) mass is 645 g/mol. The van der Waals surface area contributed by atoms with Gasteiger partial charge in [-0.25, -0.2) is 4.79 Å². The van der Waals surface area contributed by atoms with E-state index in [-0.39, 0.29) is 27.9 Å². The second kappa shape index (κ2) is 11.5. The minimum atomic E-state index is -4.55. The number of methoxy groups -OCH3 is 1. The molecule has 2 atom stereocenters. The number of carbonyl (C=O) groups is 2. The Hall–Kier alpha value is -5.32. The fraction of sp³-hybridized carbons (Fsp3) is 0.250. The first-order valence-electron chi connectivity index (χ1n) is 14.7. The van der Waals surface area contributed by atoms with Crippen molar-refractivity contribution in [2.45, 2.75) is 44.8 Å². The lowest BCUT2D eigenvalue weighted by Crippen LogP contribution is -2.52. The lowest BCUT2D eigenvalue weighted by atomic mass is 9.86. The SMILES string of the molecule is COc1cc2c(c3c1c(=O)c1cc4ccccc4cc1n3C)[C@H](OC(C)=O)[C@H](OC(=O)C=Cc1cccc(C(F)(F)F)c1)C(C)(C)O2. The largest absolute Gasteiger partial charge is 0.496 e. The van der Waals surface area contributed by atoms with E-state index >= 15 is 0 Å². The summed E-state index contributed by atoms with van der Waals surface area (Å²) in [5.41, 5.74) is -1.08. The number of hydrogen-bond donors (Lipinski definition) is 0. The van der Waals surface area contributed by atoms with Crippen LogP contribution in [0.15, 0.2) is 77.6 Å². The third kappa shape index (κ3) is 5.66. The van der Waals surface area contributed by atoms with Gasteiger partial charge in [-0.2, -0.15) is 13.2 Å². The van der Waals surface area contributed by atoms with Gasteiger partial charge < -0.3 is 23.5 Å². The second-order valence-electron chi connectivity index (χ2n) is 11.9. The summed E-state index contributed by atoms with van der Waals surface area (Å²) in [5.74, 6) is -1.09. The summed E-state index contributed by atoms with van der Waals surface area (Å²) in [6, 6.07) is 17.4. The Bertz CT molecular complexity index is 2180. The van der Waals surface area contributed by atoms with Crippen LogP contribution >= 0.6 is 0 Å². The number of aromatic nitrogens is 1. The van der Waals surface area contributed by atoms with Crippen LogP contribution in [-0.4, -0.2) is 35.3 Å². The van der Waals surface area contributed by atoms with Crippen molar-refractivity contribution in [3.63, 3.8) is 0 Å². The number of nitrogens with zero attached hydrogens (tertiary/aromatic N) is 1. The first kappa shape index (κ1) is 31.7. The van der Waals surface area contributed by atoms with Gasteiger partial charge in [0, 0.05) is 31.5 Å². The van der Waals surface area contributed by atoms with E-state index in [2.05, 4.69) is 0 Å². The molecule has 0 unspecified atom stereocenters. The van der Waals surface area contributed by atoms with E-state index in [9.17, 15) is 27.6 Å². The second-order valence-corrected chi connectivity index (χ2v) is 11.9. The topological polar surface area (TPSA) is 93.1 Å². The first-order chi connectivity index (χ1) is 22.2. The molecule has 11 heteroatoms. The zero-order chi connectivity index (χ0) is 33.8. The molecule has 5 aromatic rings. The van der Waals surface area contributed by atoms with Gasteiger partial charge in [0.05, 0.1) is 34.7 Å². The molecule has 1 aromatic heterocycles. The van der Waals surface area contributed by atoms with Crippen molar-refractivity contribution in [1.82, 2.24) is 4.57 Å². The highest BCUT2D eigenvalue weighted by molar-refractivity contribution is 6.04. The molecular formula is C36H30F3NO7. The summed E-state index contributed by atoms with van der Waals surface area (Å²) in [6.07, 6.45) is -4.84. The molecule has 0 bridgehead atoms. The molecule has 2 heterocycles. The van der Waals surface area contributed by atoms with E-state index < -0.39 is 41.5 Å². The van der Waals surface area contributed by atoms with Crippen LogP contribution in [0.4, 0.5) is 13.2 Å². The molecule has 0 N–H and O–H groups in total. The molecule has 1 aliphatic heterocycles. The third-order valence-corrected chi connectivity index (χ3v) is 8.30. The van der Waals surface area contributed by atoms with Crippen molar-refractivity contribution in [2.75, 3.05) is 7.11 Å². The summed E-state index contributed by atoms with van der Waals surface area (Å²) in [5, 5.41) is 2.44. The Balaban J connectivity index is 1.51. The molecule has 6 rings (SSSR count). The van der Waals surface area contributed by atoms with Gasteiger partial charge in [0.15, 0.2) is 12.2 Å². The van der Waals surface area contributed by atoms with E-state index in [1.54, 1.807) is 31.5 Å². The molecule has 47 heavy (non-hydrogen) atoms. The number of ether oxygens (including phenoxy) is 4. The number of hydrogen-bond acceptors (Lipinski definition) is 7. The number of aryl methyl sites for hydroxylation is 1. The van der Waals surface area contributed by atoms with Crippen LogP contribution < -0.4 is 14.9 Å². The molecule has 0 saturated carbocycles. The maximum atomic E-state index is 14.2. The van der Waals surface area contributed by atoms with Gasteiger partial charge >= 0.3 is 18.1 Å². The highest BCUT2D eigenvalue weighted by atomic mass is 19.4. The zero-order valence-corrected chi connectivity index (χ0v) is 26.1. The van der Waals surface area contributed by atoms with Crippen LogP contribution in [0, 0.1) is 0 Å². The third-order valence-electron chi connectivity index (χ3n) is 8.30. The maximum Gasteiger partial charge on any atom is 0.416 e. The van der Waals surface area contributed by atoms with Gasteiger partial charge in [-0.15, -0.1) is 0 Å². The van der Waals surface area contributed by atoms with Crippen LogP contribution in [0.25, 0.3) is 38.7 Å². The van der Waals surface area contributed by atoms with Gasteiger partial charge in [0.25, 0.3) is 0 Å². The summed E-state index contributed by atoms with van der Waals surface area (Å²) in [6.45, 7) is 4.49. The highest BCUT2D eigenvalue weighted by Crippen LogP contribution is 2.49. The zero-order valence-electron chi connectivity index (χ0n) is 26.1. The van der Waals surface area contributed by atoms with Crippen LogP contribution in [0.5, 0.6) is 11.5 Å². The Kier molecular flexibility index (Phi) is 7.73. The number of halogens is 3. The number of alkyl halides is 3. The first-order valence-corrected chi connectivity index (χ1v) is 14.7. The molecule has 0 radical (unpaired) electrons. The van der Waals surface area contributed by atoms with Gasteiger partial charge in [-0.3, -0.25) is 9.59 Å². The Morgan fingerprint density at radius 1 is 0.979 bits per heavy atom. The molecule has 0 fully saturated rings. The van der Waals surface area contributed by atoms with Gasteiger partial charge in [-0.1, -0.05) is 36.4 Å². The van der Waals surface area contributed by atoms with Crippen molar-refractivity contribution in [3.05, 3.63) is 99.7 Å². The lowest BCUT2D eigenvalue weighted by Gasteiger charge is -2.43. The van der Waals surface area contributed by atoms with E-state index in [0.29, 0.717) is 22.0 Å². The summed E-state index contributed by atoms with van der Waals surface area (Å²) in [7, 11) is 3.20. The normalized spacial score (nSPS) is 17.4. The van der Waals surface area contributed by atoms with Crippen LogP contribution in [0.1, 0.15) is 43.6 Å². The van der Waals surface area contributed by atoms with E-state index in [0.717, 1.165) is 29.0 Å². The highest BCUT2D eigenvalue weighted by Gasteiger charge is 2.50. The fourth-order valence-electron chi connectivity index (χ4n) is 6.18. The van der Waals surface area contributed by atoms with Crippen molar-refractivity contribution < 1.29 is 41.7 Å². The minimum absolute atomic E-state index is 0.130. The Morgan fingerprint density at radius 2 is 1.68 bits per heavy atom. The lowest BCUT2D eigenvalue weighted by molar-refractivity contribution is -0.185. The number of carbonyl (C=O) groups excluding carboxylic acids is 2. The van der Waals surface area contributed by atoms with E-state index in [1.807, 2.05) is 36.4 Å². The van der Waals surface area contributed by atoms with Crippen molar-refractivity contribution >= 4 is 50.6 Å². The standard InChI is InChI=1S/C36H30F3NO7/c1-19(41)45-33-30-27(47-35(2,3)34(33)46-28(42)14-13-20-9-8-12-23(15-20)36(37,38)39)18-26(44-5)29-31(30)40(4)25-17-22-11-7-6-10-21(22)16-24(25)32(29)43/h6-18,33-34H,1-5H3/t33-,34-/m0/s1. The van der Waals surface area contributed by atoms with E-state index in [1.165, 1.54) is 32.2 Å². The number of fused-ring (bicyclic) bond motifs is 5. The average molecular weight is 646 g/mol. The predicted octanol–water partition coefficient (Wildman–Crippen LogP) is 7.27. The molecule has 4 aromatic carbocycles. The molecule has 242 valence electrons. The van der Waals surface area contributed by atoms with Crippen molar-refractivity contribution in [3.8, 4) is 11.5 Å². The smallest absolute Gasteiger partial charge is 0.416 e. The predicted molar refractivity (Wildman–Crippen MR) is 170 cm³/mol. The van der Waals surface area contributed by atoms with Gasteiger partial charge in [0.2, 0.25) is 5.43 Å². The molecule has 0 spiro atoms. The average Bonchev–Trinajstić information content (AvgIpc) is 3.02. The number of rotatable bonds is 5. The fourth-order valence-corrected chi connectivity index (χ4v) is 6.18. The quantitative estimate of drug-likeness (QED) is 0.113. The molecular weight excluding hydrogens is 615 g/mol. The maximum absolute atomic E-state index is 14.2. The van der Waals surface area contributed by atoms with Crippen molar-refractivity contribution in [1.29, 1.82) is 0 Å². The molecule has 0 saturated heterocycles. The van der Waals surface area contributed by atoms with Crippen LogP contribution in [-0.2, 0) is 32.3 Å². The molecule has 8 nitrogen and oxygen atoms in total. The number of pyridine rings is 1. The number of esters is 2. The van der Waals surface area contributed by atoms with Gasteiger partial charge in [0.1, 0.15) is 17.1 Å². The van der Waals surface area contributed by atoms with Crippen molar-refractivity contribution in [2.24, 2.45) is 7.05 Å². The van der Waals surface area contributed by atoms with Gasteiger partial charge in [-0.05, 0) is 60.5 Å².